The van der Waals surface area contributed by atoms with E-state index in [1.165, 1.54) is 0 Å². The van der Waals surface area contributed by atoms with Crippen LogP contribution in [0.4, 0.5) is 0 Å². The Morgan fingerprint density at radius 2 is 2.15 bits per heavy atom. The van der Waals surface area contributed by atoms with Gasteiger partial charge in [0.1, 0.15) is 23.1 Å². The van der Waals surface area contributed by atoms with Gasteiger partial charge in [-0.05, 0) is 12.1 Å². The molecule has 4 aromatic heterocycles. The molecule has 4 rings (SSSR count). The van der Waals surface area contributed by atoms with Crippen molar-refractivity contribution in [2.45, 2.75) is 6.42 Å². The van der Waals surface area contributed by atoms with E-state index in [1.54, 1.807) is 18.7 Å². The molecule has 20 heavy (non-hydrogen) atoms. The lowest BCUT2D eigenvalue weighted by atomic mass is 10.3. The second-order valence-corrected chi connectivity index (χ2v) is 4.62. The topological polar surface area (TPSA) is 69.6 Å². The molecule has 4 aromatic rings. The van der Waals surface area contributed by atoms with Crippen molar-refractivity contribution in [3.8, 4) is 0 Å². The van der Waals surface area contributed by atoms with Crippen molar-refractivity contribution in [3.05, 3.63) is 48.4 Å². The van der Waals surface area contributed by atoms with Gasteiger partial charge in [-0.3, -0.25) is 9.97 Å². The highest BCUT2D eigenvalue weighted by Gasteiger charge is 2.13. The molecule has 0 aliphatic carbocycles. The van der Waals surface area contributed by atoms with Crippen LogP contribution in [-0.2, 0) is 13.5 Å². The van der Waals surface area contributed by atoms with Crippen LogP contribution in [0, 0.1) is 0 Å². The van der Waals surface area contributed by atoms with Gasteiger partial charge in [0.15, 0.2) is 0 Å². The minimum atomic E-state index is 0.621. The fraction of sp³-hybridized carbons (Fsp3) is 0.143. The summed E-state index contributed by atoms with van der Waals surface area (Å²) >= 11 is 0. The van der Waals surface area contributed by atoms with Crippen molar-refractivity contribution in [1.82, 2.24) is 24.7 Å². The first-order chi connectivity index (χ1) is 9.83. The number of fused-ring (bicyclic) bond motifs is 3. The highest BCUT2D eigenvalue weighted by Crippen LogP contribution is 2.22. The first kappa shape index (κ1) is 11.1. The summed E-state index contributed by atoms with van der Waals surface area (Å²) in [6, 6.07) is 5.67. The van der Waals surface area contributed by atoms with Crippen LogP contribution in [0.15, 0.2) is 41.4 Å². The van der Waals surface area contributed by atoms with Crippen LogP contribution in [0.1, 0.15) is 11.5 Å². The van der Waals surface area contributed by atoms with Gasteiger partial charge in [-0.1, -0.05) is 5.16 Å². The van der Waals surface area contributed by atoms with Crippen LogP contribution in [0.3, 0.4) is 0 Å². The highest BCUT2D eigenvalue weighted by molar-refractivity contribution is 5.99. The molecule has 0 aliphatic rings. The molecule has 0 fully saturated rings. The fourth-order valence-electron chi connectivity index (χ4n) is 2.40. The molecule has 0 saturated heterocycles. The Labute approximate surface area is 114 Å². The molecule has 0 aliphatic heterocycles. The van der Waals surface area contributed by atoms with Crippen LogP contribution >= 0.6 is 0 Å². The number of rotatable bonds is 2. The molecule has 0 amide bonds. The molecule has 0 unspecified atom stereocenters. The number of hydrogen-bond acceptors (Lipinski definition) is 5. The van der Waals surface area contributed by atoms with Crippen molar-refractivity contribution in [2.24, 2.45) is 7.05 Å². The van der Waals surface area contributed by atoms with E-state index in [0.29, 0.717) is 6.42 Å². The molecule has 98 valence electrons. The van der Waals surface area contributed by atoms with Crippen molar-refractivity contribution in [2.75, 3.05) is 0 Å². The van der Waals surface area contributed by atoms with E-state index in [2.05, 4.69) is 20.1 Å². The number of aryl methyl sites for hydroxylation is 1. The molecule has 6 heteroatoms. The van der Waals surface area contributed by atoms with E-state index in [9.17, 15) is 0 Å². The van der Waals surface area contributed by atoms with E-state index >= 15 is 0 Å². The van der Waals surface area contributed by atoms with Gasteiger partial charge >= 0.3 is 0 Å². The predicted octanol–water partition coefficient (Wildman–Crippen LogP) is 2.10. The van der Waals surface area contributed by atoms with Gasteiger partial charge in [-0.2, -0.15) is 0 Å². The molecule has 0 radical (unpaired) electrons. The van der Waals surface area contributed by atoms with Gasteiger partial charge in [-0.25, -0.2) is 4.98 Å². The molecule has 6 nitrogen and oxygen atoms in total. The van der Waals surface area contributed by atoms with E-state index in [0.717, 1.165) is 33.6 Å². The highest BCUT2D eigenvalue weighted by atomic mass is 16.5. The minimum absolute atomic E-state index is 0.621. The Hall–Kier alpha value is -2.76. The van der Waals surface area contributed by atoms with Crippen molar-refractivity contribution >= 4 is 22.1 Å². The summed E-state index contributed by atoms with van der Waals surface area (Å²) < 4.78 is 6.90. The lowest BCUT2D eigenvalue weighted by Crippen LogP contribution is -1.99. The van der Waals surface area contributed by atoms with Crippen LogP contribution in [0.5, 0.6) is 0 Å². The zero-order chi connectivity index (χ0) is 13.5. The number of hydrogen-bond donors (Lipinski definition) is 0. The third-order valence-electron chi connectivity index (χ3n) is 3.38. The van der Waals surface area contributed by atoms with Crippen molar-refractivity contribution < 1.29 is 4.52 Å². The Morgan fingerprint density at radius 1 is 1.20 bits per heavy atom. The molecule has 0 spiro atoms. The third kappa shape index (κ3) is 1.58. The Balaban J connectivity index is 1.96. The van der Waals surface area contributed by atoms with E-state index in [1.807, 2.05) is 29.8 Å². The van der Waals surface area contributed by atoms with Crippen LogP contribution in [-0.4, -0.2) is 24.7 Å². The SMILES string of the molecule is Cn1c(Cc2ccon2)nc2cnc3cccnc3c21. The lowest BCUT2D eigenvalue weighted by molar-refractivity contribution is 0.412. The Kier molecular flexibility index (Phi) is 2.29. The van der Waals surface area contributed by atoms with Crippen LogP contribution in [0.25, 0.3) is 22.1 Å². The zero-order valence-corrected chi connectivity index (χ0v) is 10.8. The largest absolute Gasteiger partial charge is 0.364 e. The number of nitrogens with zero attached hydrogens (tertiary/aromatic N) is 5. The molecule has 0 saturated carbocycles. The summed E-state index contributed by atoms with van der Waals surface area (Å²) in [5.74, 6) is 0.911. The number of imidazole rings is 1. The summed E-state index contributed by atoms with van der Waals surface area (Å²) in [5, 5.41) is 3.93. The Bertz CT molecular complexity index is 895. The number of pyridine rings is 2. The monoisotopic (exact) mass is 265 g/mol. The molecular weight excluding hydrogens is 254 g/mol. The molecule has 0 aromatic carbocycles. The van der Waals surface area contributed by atoms with E-state index in [4.69, 9.17) is 4.52 Å². The zero-order valence-electron chi connectivity index (χ0n) is 10.8. The molecular formula is C14H11N5O. The normalized spacial score (nSPS) is 11.4. The number of aromatic nitrogens is 5. The predicted molar refractivity (Wildman–Crippen MR) is 73.1 cm³/mol. The molecule has 0 bridgehead atoms. The maximum atomic E-state index is 4.86. The Morgan fingerprint density at radius 3 is 3.00 bits per heavy atom. The lowest BCUT2D eigenvalue weighted by Gasteiger charge is -2.02. The summed E-state index contributed by atoms with van der Waals surface area (Å²) in [6.07, 6.45) is 5.74. The second kappa shape index (κ2) is 4.12. The van der Waals surface area contributed by atoms with E-state index < -0.39 is 0 Å². The molecule has 0 atom stereocenters. The third-order valence-corrected chi connectivity index (χ3v) is 3.38. The molecule has 0 N–H and O–H groups in total. The minimum Gasteiger partial charge on any atom is -0.364 e. The van der Waals surface area contributed by atoms with Crippen molar-refractivity contribution in [3.63, 3.8) is 0 Å². The van der Waals surface area contributed by atoms with E-state index in [-0.39, 0.29) is 0 Å². The van der Waals surface area contributed by atoms with Gasteiger partial charge in [0.25, 0.3) is 0 Å². The average molecular weight is 265 g/mol. The summed E-state index contributed by atoms with van der Waals surface area (Å²) in [7, 11) is 1.98. The molecule has 4 heterocycles. The first-order valence-corrected chi connectivity index (χ1v) is 6.27. The fourth-order valence-corrected chi connectivity index (χ4v) is 2.40. The smallest absolute Gasteiger partial charge is 0.124 e. The standard InChI is InChI=1S/C14H11N5O/c1-19-12(7-9-4-6-20-18-9)17-11-8-16-10-3-2-5-15-13(10)14(11)19/h2-6,8H,7H2,1H3. The second-order valence-electron chi connectivity index (χ2n) is 4.62. The van der Waals surface area contributed by atoms with Gasteiger partial charge < -0.3 is 9.09 Å². The van der Waals surface area contributed by atoms with Gasteiger partial charge in [0, 0.05) is 19.3 Å². The van der Waals surface area contributed by atoms with Crippen molar-refractivity contribution in [1.29, 1.82) is 0 Å². The summed E-state index contributed by atoms with van der Waals surface area (Å²) in [4.78, 5) is 13.4. The van der Waals surface area contributed by atoms with Gasteiger partial charge in [-0.15, -0.1) is 0 Å². The maximum Gasteiger partial charge on any atom is 0.124 e. The first-order valence-electron chi connectivity index (χ1n) is 6.27. The maximum absolute atomic E-state index is 4.86. The van der Waals surface area contributed by atoms with Gasteiger partial charge in [0.05, 0.1) is 29.3 Å². The average Bonchev–Trinajstić information content (AvgIpc) is 3.08. The summed E-state index contributed by atoms with van der Waals surface area (Å²) in [5.41, 5.74) is 4.43. The summed E-state index contributed by atoms with van der Waals surface area (Å²) in [6.45, 7) is 0. The van der Waals surface area contributed by atoms with Gasteiger partial charge in [0.2, 0.25) is 0 Å². The van der Waals surface area contributed by atoms with Crippen LogP contribution in [0.2, 0.25) is 0 Å². The quantitative estimate of drug-likeness (QED) is 0.555. The van der Waals surface area contributed by atoms with Crippen LogP contribution < -0.4 is 0 Å².